The highest BCUT2D eigenvalue weighted by Crippen LogP contribution is 2.25. The minimum atomic E-state index is -4.65. The third-order valence-electron chi connectivity index (χ3n) is 3.70. The van der Waals surface area contributed by atoms with Crippen molar-refractivity contribution in [3.63, 3.8) is 0 Å². The zero-order valence-electron chi connectivity index (χ0n) is 12.1. The van der Waals surface area contributed by atoms with Gasteiger partial charge in [0.2, 0.25) is 0 Å². The molecule has 1 saturated heterocycles. The number of halogens is 3. The summed E-state index contributed by atoms with van der Waals surface area (Å²) < 4.78 is 46.0. The Bertz CT molecular complexity index is 447. The van der Waals surface area contributed by atoms with Crippen LogP contribution in [0.25, 0.3) is 0 Å². The van der Waals surface area contributed by atoms with Crippen LogP contribution in [0, 0.1) is 0 Å². The van der Waals surface area contributed by atoms with Gasteiger partial charge in [-0.1, -0.05) is 12.1 Å². The summed E-state index contributed by atoms with van der Waals surface area (Å²) in [4.78, 5) is 0. The van der Waals surface area contributed by atoms with E-state index in [4.69, 9.17) is 4.74 Å². The van der Waals surface area contributed by atoms with Crippen LogP contribution in [0.1, 0.15) is 25.3 Å². The molecule has 2 rings (SSSR count). The van der Waals surface area contributed by atoms with E-state index in [-0.39, 0.29) is 24.0 Å². The molecular formula is C15H20F3NO2. The molecule has 0 spiro atoms. The van der Waals surface area contributed by atoms with Gasteiger partial charge < -0.3 is 14.8 Å². The minimum Gasteiger partial charge on any atom is -0.406 e. The third kappa shape index (κ3) is 4.89. The van der Waals surface area contributed by atoms with E-state index < -0.39 is 6.36 Å². The van der Waals surface area contributed by atoms with Crippen molar-refractivity contribution in [2.75, 3.05) is 7.05 Å². The number of alkyl halides is 3. The molecule has 3 unspecified atom stereocenters. The van der Waals surface area contributed by atoms with E-state index in [9.17, 15) is 13.2 Å². The third-order valence-corrected chi connectivity index (χ3v) is 3.70. The second-order valence-electron chi connectivity index (χ2n) is 5.35. The van der Waals surface area contributed by atoms with Crippen molar-refractivity contribution < 1.29 is 22.6 Å². The molecule has 21 heavy (non-hydrogen) atoms. The first kappa shape index (κ1) is 16.1. The number of rotatable bonds is 5. The van der Waals surface area contributed by atoms with E-state index in [1.165, 1.54) is 12.1 Å². The molecule has 1 N–H and O–H groups in total. The lowest BCUT2D eigenvalue weighted by Crippen LogP contribution is -2.39. The summed E-state index contributed by atoms with van der Waals surface area (Å²) in [5.41, 5.74) is 0.951. The van der Waals surface area contributed by atoms with E-state index >= 15 is 0 Å². The molecule has 0 amide bonds. The van der Waals surface area contributed by atoms with Gasteiger partial charge in [0.25, 0.3) is 0 Å². The topological polar surface area (TPSA) is 30.5 Å². The zero-order valence-corrected chi connectivity index (χ0v) is 12.1. The Labute approximate surface area is 122 Å². The van der Waals surface area contributed by atoms with Gasteiger partial charge in [-0.25, -0.2) is 0 Å². The largest absolute Gasteiger partial charge is 0.573 e. The fourth-order valence-corrected chi connectivity index (χ4v) is 2.63. The molecule has 118 valence electrons. The van der Waals surface area contributed by atoms with Crippen LogP contribution in [0.15, 0.2) is 24.3 Å². The molecule has 1 heterocycles. The van der Waals surface area contributed by atoms with Crippen LogP contribution in [0.3, 0.4) is 0 Å². The van der Waals surface area contributed by atoms with Crippen molar-refractivity contribution in [3.8, 4) is 5.75 Å². The number of hydrogen-bond acceptors (Lipinski definition) is 3. The molecule has 1 aliphatic heterocycles. The molecule has 0 radical (unpaired) electrons. The summed E-state index contributed by atoms with van der Waals surface area (Å²) in [6.45, 7) is 2.05. The van der Waals surface area contributed by atoms with E-state index in [1.807, 2.05) is 7.05 Å². The van der Waals surface area contributed by atoms with Gasteiger partial charge in [-0.3, -0.25) is 0 Å². The maximum atomic E-state index is 12.1. The number of benzene rings is 1. The predicted octanol–water partition coefficient (Wildman–Crippen LogP) is 3.28. The normalized spacial score (nSPS) is 24.0. The van der Waals surface area contributed by atoms with E-state index in [1.54, 1.807) is 12.1 Å². The summed E-state index contributed by atoms with van der Waals surface area (Å²) in [6.07, 6.45) is -1.48. The zero-order chi connectivity index (χ0) is 15.5. The fraction of sp³-hybridized carbons (Fsp3) is 0.600. The highest BCUT2D eigenvalue weighted by Gasteiger charge is 2.31. The monoisotopic (exact) mass is 303 g/mol. The van der Waals surface area contributed by atoms with Crippen molar-refractivity contribution in [3.05, 3.63) is 29.8 Å². The first-order valence-electron chi connectivity index (χ1n) is 7.05. The summed E-state index contributed by atoms with van der Waals surface area (Å²) in [6, 6.07) is 6.15. The lowest BCUT2D eigenvalue weighted by atomic mass is 9.99. The highest BCUT2D eigenvalue weighted by atomic mass is 19.4. The first-order chi connectivity index (χ1) is 9.87. The quantitative estimate of drug-likeness (QED) is 0.905. The molecule has 0 aromatic heterocycles. The van der Waals surface area contributed by atoms with Crippen molar-refractivity contribution in [1.82, 2.24) is 5.32 Å². The minimum absolute atomic E-state index is 0.149. The number of ether oxygens (including phenoxy) is 2. The van der Waals surface area contributed by atoms with E-state index in [2.05, 4.69) is 17.0 Å². The molecule has 0 aliphatic carbocycles. The molecule has 0 bridgehead atoms. The molecule has 1 fully saturated rings. The molecular weight excluding hydrogens is 283 g/mol. The lowest BCUT2D eigenvalue weighted by molar-refractivity contribution is -0.274. The SMILES string of the molecule is CNC(Cc1ccc(OC(F)(F)F)cc1)C1CCC(C)O1. The van der Waals surface area contributed by atoms with Gasteiger partial charge in [0, 0.05) is 6.04 Å². The Morgan fingerprint density at radius 3 is 2.43 bits per heavy atom. The second-order valence-corrected chi connectivity index (χ2v) is 5.35. The van der Waals surface area contributed by atoms with Gasteiger partial charge in [-0.05, 0) is 50.9 Å². The van der Waals surface area contributed by atoms with Crippen LogP contribution in [0.5, 0.6) is 5.75 Å². The van der Waals surface area contributed by atoms with Gasteiger partial charge in [-0.2, -0.15) is 0 Å². The number of nitrogens with one attached hydrogen (secondary N) is 1. The van der Waals surface area contributed by atoms with Gasteiger partial charge in [0.15, 0.2) is 0 Å². The van der Waals surface area contributed by atoms with Crippen molar-refractivity contribution in [2.45, 2.75) is 50.8 Å². The number of likely N-dealkylation sites (N-methyl/N-ethyl adjacent to an activating group) is 1. The molecule has 3 nitrogen and oxygen atoms in total. The molecule has 0 saturated carbocycles. The summed E-state index contributed by atoms with van der Waals surface area (Å²) in [5, 5.41) is 3.23. The van der Waals surface area contributed by atoms with E-state index in [0.717, 1.165) is 18.4 Å². The lowest BCUT2D eigenvalue weighted by Gasteiger charge is -2.23. The van der Waals surface area contributed by atoms with Crippen LogP contribution in [-0.2, 0) is 11.2 Å². The average Bonchev–Trinajstić information content (AvgIpc) is 2.82. The van der Waals surface area contributed by atoms with Crippen LogP contribution >= 0.6 is 0 Å². The van der Waals surface area contributed by atoms with Gasteiger partial charge >= 0.3 is 6.36 Å². The Kier molecular flexibility index (Phi) is 5.11. The highest BCUT2D eigenvalue weighted by molar-refractivity contribution is 5.28. The summed E-state index contributed by atoms with van der Waals surface area (Å²) >= 11 is 0. The van der Waals surface area contributed by atoms with Crippen LogP contribution in [0.4, 0.5) is 13.2 Å². The summed E-state index contributed by atoms with van der Waals surface area (Å²) in [7, 11) is 1.87. The Hall–Kier alpha value is -1.27. The first-order valence-corrected chi connectivity index (χ1v) is 7.05. The Morgan fingerprint density at radius 2 is 1.95 bits per heavy atom. The maximum Gasteiger partial charge on any atom is 0.573 e. The standard InChI is InChI=1S/C15H20F3NO2/c1-10-3-8-14(20-10)13(19-2)9-11-4-6-12(7-5-11)21-15(16,17)18/h4-7,10,13-14,19H,3,8-9H2,1-2H3. The van der Waals surface area contributed by atoms with Gasteiger partial charge in [-0.15, -0.1) is 13.2 Å². The van der Waals surface area contributed by atoms with Crippen LogP contribution in [0.2, 0.25) is 0 Å². The molecule has 1 aromatic carbocycles. The Morgan fingerprint density at radius 1 is 1.29 bits per heavy atom. The maximum absolute atomic E-state index is 12.1. The second kappa shape index (κ2) is 6.66. The molecule has 6 heteroatoms. The van der Waals surface area contributed by atoms with Crippen molar-refractivity contribution in [1.29, 1.82) is 0 Å². The predicted molar refractivity (Wildman–Crippen MR) is 73.2 cm³/mol. The fourth-order valence-electron chi connectivity index (χ4n) is 2.63. The molecule has 1 aromatic rings. The average molecular weight is 303 g/mol. The van der Waals surface area contributed by atoms with Crippen LogP contribution < -0.4 is 10.1 Å². The van der Waals surface area contributed by atoms with Crippen LogP contribution in [-0.4, -0.2) is 31.7 Å². The van der Waals surface area contributed by atoms with Gasteiger partial charge in [0.1, 0.15) is 5.75 Å². The molecule has 3 atom stereocenters. The number of hydrogen-bond donors (Lipinski definition) is 1. The van der Waals surface area contributed by atoms with Crippen molar-refractivity contribution >= 4 is 0 Å². The Balaban J connectivity index is 1.95. The molecule has 1 aliphatic rings. The summed E-state index contributed by atoms with van der Waals surface area (Å²) in [5.74, 6) is -0.196. The van der Waals surface area contributed by atoms with Crippen molar-refractivity contribution in [2.24, 2.45) is 0 Å². The smallest absolute Gasteiger partial charge is 0.406 e. The van der Waals surface area contributed by atoms with Gasteiger partial charge in [0.05, 0.1) is 12.2 Å². The van der Waals surface area contributed by atoms with E-state index in [0.29, 0.717) is 6.42 Å².